The van der Waals surface area contributed by atoms with E-state index in [0.29, 0.717) is 0 Å². The van der Waals surface area contributed by atoms with Crippen molar-refractivity contribution in [2.45, 2.75) is 38.8 Å². The fraction of sp³-hybridized carbons (Fsp3) is 0.438. The molecule has 1 saturated heterocycles. The molecule has 3 atom stereocenters. The molecule has 0 spiro atoms. The Hall–Kier alpha value is -2.37. The lowest BCUT2D eigenvalue weighted by Crippen LogP contribution is -2.51. The first-order valence-corrected chi connectivity index (χ1v) is 7.41. The number of nitrogens with one attached hydrogen (secondary N) is 2. The van der Waals surface area contributed by atoms with Crippen LogP contribution in [-0.4, -0.2) is 23.8 Å². The fourth-order valence-electron chi connectivity index (χ4n) is 3.02. The molecule has 2 N–H and O–H groups in total. The van der Waals surface area contributed by atoms with E-state index in [1.807, 2.05) is 25.1 Å². The molecule has 2 aliphatic rings. The molecule has 2 aliphatic heterocycles. The highest BCUT2D eigenvalue weighted by molar-refractivity contribution is 5.99. The van der Waals surface area contributed by atoms with E-state index < -0.39 is 24.0 Å². The highest BCUT2D eigenvalue weighted by atomic mass is 16.5. The predicted molar refractivity (Wildman–Crippen MR) is 79.0 cm³/mol. The van der Waals surface area contributed by atoms with Gasteiger partial charge in [-0.25, -0.2) is 4.79 Å². The number of ether oxygens (including phenoxy) is 1. The van der Waals surface area contributed by atoms with Crippen LogP contribution in [0.2, 0.25) is 0 Å². The highest BCUT2D eigenvalue weighted by Crippen LogP contribution is 2.42. The highest BCUT2D eigenvalue weighted by Gasteiger charge is 2.46. The monoisotopic (exact) mass is 302 g/mol. The van der Waals surface area contributed by atoms with Gasteiger partial charge in [0.2, 0.25) is 11.8 Å². The zero-order chi connectivity index (χ0) is 15.9. The summed E-state index contributed by atoms with van der Waals surface area (Å²) in [5.41, 5.74) is 2.47. The lowest BCUT2D eigenvalue weighted by molar-refractivity contribution is -0.166. The van der Waals surface area contributed by atoms with Crippen molar-refractivity contribution in [3.05, 3.63) is 29.3 Å². The number of anilines is 1. The fourth-order valence-corrected chi connectivity index (χ4v) is 3.02. The lowest BCUT2D eigenvalue weighted by atomic mass is 9.82. The van der Waals surface area contributed by atoms with Crippen LogP contribution in [0.15, 0.2) is 18.2 Å². The number of carbonyl (C=O) groups excluding carboxylic acids is 3. The molecule has 0 aromatic heterocycles. The number of hydrogen-bond donors (Lipinski definition) is 2. The van der Waals surface area contributed by atoms with E-state index in [4.69, 9.17) is 4.74 Å². The maximum atomic E-state index is 12.3. The van der Waals surface area contributed by atoms with Crippen molar-refractivity contribution in [3.63, 3.8) is 0 Å². The average molecular weight is 302 g/mol. The summed E-state index contributed by atoms with van der Waals surface area (Å²) in [5.74, 6) is -1.36. The minimum atomic E-state index is -0.759. The van der Waals surface area contributed by atoms with Gasteiger partial charge >= 0.3 is 5.97 Å². The van der Waals surface area contributed by atoms with Crippen molar-refractivity contribution in [1.29, 1.82) is 0 Å². The van der Waals surface area contributed by atoms with Gasteiger partial charge in [0.05, 0.1) is 11.6 Å². The molecule has 1 fully saturated rings. The van der Waals surface area contributed by atoms with Crippen LogP contribution in [0.25, 0.3) is 0 Å². The summed E-state index contributed by atoms with van der Waals surface area (Å²) in [5, 5.41) is 5.50. The first-order valence-electron chi connectivity index (χ1n) is 7.41. The van der Waals surface area contributed by atoms with Crippen molar-refractivity contribution in [2.24, 2.45) is 5.92 Å². The molecule has 0 unspecified atom stereocenters. The zero-order valence-electron chi connectivity index (χ0n) is 12.5. The Balaban J connectivity index is 1.90. The first-order chi connectivity index (χ1) is 10.5. The molecule has 1 aromatic carbocycles. The molecule has 6 heteroatoms. The molecular formula is C16H18N2O4. The smallest absolute Gasteiger partial charge is 0.329 e. The van der Waals surface area contributed by atoms with Gasteiger partial charge in [-0.05, 0) is 18.9 Å². The van der Waals surface area contributed by atoms with Crippen LogP contribution in [0.5, 0.6) is 0 Å². The zero-order valence-corrected chi connectivity index (χ0v) is 12.5. The predicted octanol–water partition coefficient (Wildman–Crippen LogP) is 1.45. The summed E-state index contributed by atoms with van der Waals surface area (Å²) in [4.78, 5) is 36.0. The summed E-state index contributed by atoms with van der Waals surface area (Å²) < 4.78 is 5.49. The molecule has 2 amide bonds. The Morgan fingerprint density at radius 2 is 2.18 bits per heavy atom. The number of para-hydroxylation sites is 1. The third-order valence-corrected chi connectivity index (χ3v) is 4.24. The Kier molecular flexibility index (Phi) is 3.60. The third-order valence-electron chi connectivity index (χ3n) is 4.24. The number of rotatable bonds is 2. The van der Waals surface area contributed by atoms with E-state index in [2.05, 4.69) is 10.6 Å². The SMILES string of the molecule is CCC(=O)N[C@H]1C[C@@H]2C(=O)Nc3c(C)cccc3[C@H]2OC1=O. The number of aryl methyl sites for hydroxylation is 1. The molecule has 0 saturated carbocycles. The number of fused-ring (bicyclic) bond motifs is 3. The summed E-state index contributed by atoms with van der Waals surface area (Å²) in [6, 6.07) is 4.87. The number of amides is 2. The van der Waals surface area contributed by atoms with Gasteiger partial charge in [0.1, 0.15) is 12.1 Å². The van der Waals surface area contributed by atoms with Crippen LogP contribution >= 0.6 is 0 Å². The second-order valence-corrected chi connectivity index (χ2v) is 5.70. The minimum absolute atomic E-state index is 0.171. The average Bonchev–Trinajstić information content (AvgIpc) is 2.50. The molecule has 1 aromatic rings. The van der Waals surface area contributed by atoms with Crippen LogP contribution in [0, 0.1) is 12.8 Å². The van der Waals surface area contributed by atoms with Gasteiger partial charge in [0.25, 0.3) is 0 Å². The quantitative estimate of drug-likeness (QED) is 0.810. The van der Waals surface area contributed by atoms with Crippen molar-refractivity contribution in [2.75, 3.05) is 5.32 Å². The van der Waals surface area contributed by atoms with Crippen LogP contribution in [0.3, 0.4) is 0 Å². The van der Waals surface area contributed by atoms with E-state index in [-0.39, 0.29) is 24.7 Å². The number of hydrogen-bond acceptors (Lipinski definition) is 4. The van der Waals surface area contributed by atoms with Crippen LogP contribution in [-0.2, 0) is 19.1 Å². The maximum Gasteiger partial charge on any atom is 0.329 e. The van der Waals surface area contributed by atoms with Crippen molar-refractivity contribution < 1.29 is 19.1 Å². The molecule has 2 heterocycles. The molecule has 116 valence electrons. The Morgan fingerprint density at radius 1 is 1.41 bits per heavy atom. The normalized spacial score (nSPS) is 26.4. The van der Waals surface area contributed by atoms with E-state index in [9.17, 15) is 14.4 Å². The van der Waals surface area contributed by atoms with E-state index in [1.54, 1.807) is 6.92 Å². The summed E-state index contributed by atoms with van der Waals surface area (Å²) in [7, 11) is 0. The van der Waals surface area contributed by atoms with Gasteiger partial charge < -0.3 is 15.4 Å². The van der Waals surface area contributed by atoms with Gasteiger partial charge in [-0.1, -0.05) is 25.1 Å². The second-order valence-electron chi connectivity index (χ2n) is 5.70. The topological polar surface area (TPSA) is 84.5 Å². The Morgan fingerprint density at radius 3 is 2.91 bits per heavy atom. The third kappa shape index (κ3) is 2.34. The standard InChI is InChI=1S/C16H18N2O4/c1-3-12(19)17-11-7-10-14(22-16(11)21)9-6-4-5-8(2)13(9)18-15(10)20/h4-6,10-11,14H,3,7H2,1-2H3,(H,17,19)(H,18,20)/t10-,11-,14+/m0/s1. The molecule has 0 aliphatic carbocycles. The van der Waals surface area contributed by atoms with E-state index >= 15 is 0 Å². The van der Waals surface area contributed by atoms with Gasteiger partial charge in [-0.15, -0.1) is 0 Å². The number of esters is 1. The molecule has 6 nitrogen and oxygen atoms in total. The van der Waals surface area contributed by atoms with Crippen LogP contribution in [0.4, 0.5) is 5.69 Å². The van der Waals surface area contributed by atoms with Crippen molar-refractivity contribution >= 4 is 23.5 Å². The molecule has 0 radical (unpaired) electrons. The van der Waals surface area contributed by atoms with Crippen molar-refractivity contribution in [3.8, 4) is 0 Å². The van der Waals surface area contributed by atoms with Gasteiger partial charge in [-0.2, -0.15) is 0 Å². The summed E-state index contributed by atoms with van der Waals surface area (Å²) in [6.45, 7) is 3.60. The summed E-state index contributed by atoms with van der Waals surface area (Å²) >= 11 is 0. The second kappa shape index (κ2) is 5.44. The maximum absolute atomic E-state index is 12.3. The van der Waals surface area contributed by atoms with Crippen LogP contribution in [0.1, 0.15) is 37.0 Å². The van der Waals surface area contributed by atoms with E-state index in [1.165, 1.54) is 0 Å². The Labute approximate surface area is 128 Å². The van der Waals surface area contributed by atoms with Gasteiger partial charge in [0.15, 0.2) is 0 Å². The number of benzene rings is 1. The van der Waals surface area contributed by atoms with Crippen molar-refractivity contribution in [1.82, 2.24) is 5.32 Å². The molecule has 0 bridgehead atoms. The minimum Gasteiger partial charge on any atom is -0.455 e. The number of carbonyl (C=O) groups is 3. The lowest BCUT2D eigenvalue weighted by Gasteiger charge is -2.39. The van der Waals surface area contributed by atoms with E-state index in [0.717, 1.165) is 16.8 Å². The Bertz CT molecular complexity index is 656. The summed E-state index contributed by atoms with van der Waals surface area (Å²) in [6.07, 6.45) is -0.0356. The van der Waals surface area contributed by atoms with Gasteiger partial charge in [0, 0.05) is 12.0 Å². The van der Waals surface area contributed by atoms with Gasteiger partial charge in [-0.3, -0.25) is 9.59 Å². The first kappa shape index (κ1) is 14.6. The molecule has 22 heavy (non-hydrogen) atoms. The molecular weight excluding hydrogens is 284 g/mol. The molecule has 3 rings (SSSR count). The largest absolute Gasteiger partial charge is 0.455 e. The van der Waals surface area contributed by atoms with Crippen LogP contribution < -0.4 is 10.6 Å².